The van der Waals surface area contributed by atoms with E-state index in [-0.39, 0.29) is 25.7 Å². The average Bonchev–Trinajstić information content (AvgIpc) is 3.27. The Morgan fingerprint density at radius 2 is 0.531 bits per heavy atom. The molecule has 0 amide bonds. The molecule has 3 unspecified atom stereocenters. The molecule has 0 heterocycles. The number of ether oxygens (including phenoxy) is 4. The summed E-state index contributed by atoms with van der Waals surface area (Å²) >= 11 is 0. The first-order valence-electron chi connectivity index (χ1n) is 40.0. The monoisotopic (exact) mass is 1410 g/mol. The molecule has 0 saturated carbocycles. The van der Waals surface area contributed by atoms with Crippen LogP contribution in [0.3, 0.4) is 0 Å². The van der Waals surface area contributed by atoms with Gasteiger partial charge < -0.3 is 33.8 Å². The Labute approximate surface area is 588 Å². The predicted molar refractivity (Wildman–Crippen MR) is 391 cm³/mol. The maximum absolute atomic E-state index is 13.1. The highest BCUT2D eigenvalue weighted by atomic mass is 31.2. The second-order valence-corrected chi connectivity index (χ2v) is 31.4. The van der Waals surface area contributed by atoms with Crippen LogP contribution in [0.25, 0.3) is 0 Å². The van der Waals surface area contributed by atoms with Gasteiger partial charge in [0.15, 0.2) is 12.2 Å². The number of aliphatic hydroxyl groups excluding tert-OH is 1. The van der Waals surface area contributed by atoms with E-state index in [0.717, 1.165) is 102 Å². The second kappa shape index (κ2) is 68.8. The quantitative estimate of drug-likeness (QED) is 0.0222. The number of aliphatic hydroxyl groups is 1. The Balaban J connectivity index is 5.21. The number of carbonyl (C=O) groups excluding carboxylic acids is 4. The van der Waals surface area contributed by atoms with Crippen LogP contribution in [0.4, 0.5) is 0 Å². The number of hydrogen-bond acceptors (Lipinski definition) is 15. The molecule has 0 aliphatic carbocycles. The SMILES string of the molecule is CCCCCCCCCCCCCCCCCCCCCCC(=O)O[C@H](COC(=O)CCCCCCCCCCCCC(C)CC)COP(=O)(O)OC[C@@H](O)COP(=O)(O)OC[C@@H](COC(=O)CCCCCCCCCCC)OC(=O)CCCCCCCCCCCCC(C)C. The zero-order valence-corrected chi connectivity index (χ0v) is 64.5. The minimum absolute atomic E-state index is 0.106. The number of phosphoric acid groups is 2. The van der Waals surface area contributed by atoms with Crippen molar-refractivity contribution in [1.29, 1.82) is 0 Å². The molecule has 0 saturated heterocycles. The van der Waals surface area contributed by atoms with E-state index >= 15 is 0 Å². The highest BCUT2D eigenvalue weighted by Crippen LogP contribution is 2.45. The highest BCUT2D eigenvalue weighted by molar-refractivity contribution is 7.47. The average molecular weight is 1410 g/mol. The van der Waals surface area contributed by atoms with Crippen molar-refractivity contribution in [3.63, 3.8) is 0 Å². The molecule has 0 radical (unpaired) electrons. The first kappa shape index (κ1) is 94.1. The molecule has 0 spiro atoms. The van der Waals surface area contributed by atoms with E-state index in [2.05, 4.69) is 41.5 Å². The van der Waals surface area contributed by atoms with E-state index < -0.39 is 97.5 Å². The summed E-state index contributed by atoms with van der Waals surface area (Å²) < 4.78 is 68.5. The third-order valence-electron chi connectivity index (χ3n) is 18.3. The van der Waals surface area contributed by atoms with Crippen LogP contribution in [0.1, 0.15) is 401 Å². The summed E-state index contributed by atoms with van der Waals surface area (Å²) in [6, 6.07) is 0. The van der Waals surface area contributed by atoms with Crippen LogP contribution in [0.5, 0.6) is 0 Å². The Hall–Kier alpha value is -1.94. The second-order valence-electron chi connectivity index (χ2n) is 28.5. The lowest BCUT2D eigenvalue weighted by atomic mass is 9.99. The Morgan fingerprint density at radius 1 is 0.302 bits per heavy atom. The number of esters is 4. The fourth-order valence-electron chi connectivity index (χ4n) is 11.8. The van der Waals surface area contributed by atoms with Crippen molar-refractivity contribution in [1.82, 2.24) is 0 Å². The molecule has 96 heavy (non-hydrogen) atoms. The van der Waals surface area contributed by atoms with Gasteiger partial charge in [0.2, 0.25) is 0 Å². The minimum Gasteiger partial charge on any atom is -0.462 e. The molecule has 17 nitrogen and oxygen atoms in total. The maximum atomic E-state index is 13.1. The van der Waals surface area contributed by atoms with Crippen molar-refractivity contribution >= 4 is 39.5 Å². The van der Waals surface area contributed by atoms with Gasteiger partial charge in [0.05, 0.1) is 26.4 Å². The first-order valence-corrected chi connectivity index (χ1v) is 43.0. The van der Waals surface area contributed by atoms with E-state index in [9.17, 15) is 43.2 Å². The molecular weight excluding hydrogens is 1260 g/mol. The van der Waals surface area contributed by atoms with Crippen LogP contribution in [0.15, 0.2) is 0 Å². The molecule has 0 bridgehead atoms. The predicted octanol–water partition coefficient (Wildman–Crippen LogP) is 22.7. The normalized spacial score (nSPS) is 14.3. The molecule has 0 fully saturated rings. The van der Waals surface area contributed by atoms with E-state index in [4.69, 9.17) is 37.0 Å². The molecule has 3 N–H and O–H groups in total. The van der Waals surface area contributed by atoms with Crippen LogP contribution in [-0.4, -0.2) is 96.7 Å². The maximum Gasteiger partial charge on any atom is 0.472 e. The summed E-state index contributed by atoms with van der Waals surface area (Å²) in [5, 5.41) is 10.6. The first-order chi connectivity index (χ1) is 46.4. The van der Waals surface area contributed by atoms with E-state index in [1.807, 2.05) is 0 Å². The van der Waals surface area contributed by atoms with Crippen molar-refractivity contribution in [3.05, 3.63) is 0 Å². The minimum atomic E-state index is -4.96. The lowest BCUT2D eigenvalue weighted by Crippen LogP contribution is -2.30. The van der Waals surface area contributed by atoms with Crippen LogP contribution in [0.2, 0.25) is 0 Å². The fourth-order valence-corrected chi connectivity index (χ4v) is 13.4. The van der Waals surface area contributed by atoms with Crippen molar-refractivity contribution in [2.24, 2.45) is 11.8 Å². The van der Waals surface area contributed by atoms with Crippen LogP contribution < -0.4 is 0 Å². The molecule has 0 aromatic heterocycles. The van der Waals surface area contributed by atoms with Gasteiger partial charge in [-0.25, -0.2) is 9.13 Å². The Bertz CT molecular complexity index is 1860. The van der Waals surface area contributed by atoms with Gasteiger partial charge in [0.1, 0.15) is 19.3 Å². The lowest BCUT2D eigenvalue weighted by molar-refractivity contribution is -0.161. The van der Waals surface area contributed by atoms with E-state index in [0.29, 0.717) is 25.7 Å². The molecule has 0 aromatic rings. The molecule has 19 heteroatoms. The summed E-state index contributed by atoms with van der Waals surface area (Å²) in [6.07, 6.45) is 56.9. The van der Waals surface area contributed by atoms with Gasteiger partial charge in [-0.15, -0.1) is 0 Å². The van der Waals surface area contributed by atoms with Gasteiger partial charge in [0, 0.05) is 25.7 Å². The fraction of sp³-hybridized carbons (Fsp3) is 0.948. The molecule has 0 rings (SSSR count). The smallest absolute Gasteiger partial charge is 0.462 e. The van der Waals surface area contributed by atoms with Gasteiger partial charge >= 0.3 is 39.5 Å². The Kier molecular flexibility index (Phi) is 67.4. The Morgan fingerprint density at radius 3 is 0.792 bits per heavy atom. The summed E-state index contributed by atoms with van der Waals surface area (Å²) in [5.41, 5.74) is 0. The summed E-state index contributed by atoms with van der Waals surface area (Å²) in [7, 11) is -9.91. The summed E-state index contributed by atoms with van der Waals surface area (Å²) in [4.78, 5) is 72.8. The third kappa shape index (κ3) is 69.2. The van der Waals surface area contributed by atoms with Gasteiger partial charge in [0.25, 0.3) is 0 Å². The molecular formula is C77H150O17P2. The van der Waals surface area contributed by atoms with Crippen molar-refractivity contribution in [2.75, 3.05) is 39.6 Å². The van der Waals surface area contributed by atoms with Gasteiger partial charge in [-0.2, -0.15) is 0 Å². The third-order valence-corrected chi connectivity index (χ3v) is 20.2. The lowest BCUT2D eigenvalue weighted by Gasteiger charge is -2.21. The topological polar surface area (TPSA) is 237 Å². The zero-order valence-electron chi connectivity index (χ0n) is 62.7. The summed E-state index contributed by atoms with van der Waals surface area (Å²) in [6.45, 7) is 9.60. The zero-order chi connectivity index (χ0) is 70.7. The van der Waals surface area contributed by atoms with Gasteiger partial charge in [-0.1, -0.05) is 350 Å². The largest absolute Gasteiger partial charge is 0.472 e. The molecule has 0 aliphatic heterocycles. The van der Waals surface area contributed by atoms with Crippen LogP contribution in [0, 0.1) is 11.8 Å². The number of rotatable bonds is 76. The number of carbonyl (C=O) groups is 4. The molecule has 6 atom stereocenters. The number of hydrogen-bond donors (Lipinski definition) is 3. The van der Waals surface area contributed by atoms with Crippen molar-refractivity contribution in [2.45, 2.75) is 419 Å². The van der Waals surface area contributed by atoms with Gasteiger partial charge in [-0.05, 0) is 37.5 Å². The highest BCUT2D eigenvalue weighted by Gasteiger charge is 2.30. The molecule has 0 aliphatic rings. The molecule has 0 aromatic carbocycles. The van der Waals surface area contributed by atoms with Crippen LogP contribution in [-0.2, 0) is 65.4 Å². The number of phosphoric ester groups is 2. The standard InChI is InChI=1S/C77H150O17P2/c1-7-10-12-14-16-18-19-20-21-22-23-24-25-26-27-28-37-43-49-55-61-76(81)93-73(66-88-75(80)60-54-48-42-36-32-30-35-40-46-52-58-70(6)9-3)68-92-96(85,86)90-64-71(78)63-89-95(83,84)91-67-72(65-87-74(79)59-53-47-41-33-17-15-13-11-8-2)94-77(82)62-56-50-44-38-31-29-34-39-45-51-57-69(4)5/h69-73,78H,7-68H2,1-6H3,(H,83,84)(H,85,86)/t70?,71-,72+,73+/m0/s1. The summed E-state index contributed by atoms with van der Waals surface area (Å²) in [5.74, 6) is -0.554. The van der Waals surface area contributed by atoms with Gasteiger partial charge in [-0.3, -0.25) is 37.3 Å². The van der Waals surface area contributed by atoms with E-state index in [1.54, 1.807) is 0 Å². The van der Waals surface area contributed by atoms with Crippen LogP contribution >= 0.6 is 15.6 Å². The molecule has 570 valence electrons. The number of unbranched alkanes of at least 4 members (excludes halogenated alkanes) is 45. The van der Waals surface area contributed by atoms with Crippen molar-refractivity contribution in [3.8, 4) is 0 Å². The van der Waals surface area contributed by atoms with E-state index in [1.165, 1.54) is 218 Å². The van der Waals surface area contributed by atoms with Crippen molar-refractivity contribution < 1.29 is 80.2 Å².